The highest BCUT2D eigenvalue weighted by Crippen LogP contribution is 2.15. The quantitative estimate of drug-likeness (QED) is 0.814. The summed E-state index contributed by atoms with van der Waals surface area (Å²) in [5.41, 5.74) is 2.24. The van der Waals surface area contributed by atoms with E-state index in [1.807, 2.05) is 37.3 Å². The summed E-state index contributed by atoms with van der Waals surface area (Å²) in [6.45, 7) is 4.33. The van der Waals surface area contributed by atoms with E-state index in [-0.39, 0.29) is 24.3 Å². The highest BCUT2D eigenvalue weighted by Gasteiger charge is 2.18. The van der Waals surface area contributed by atoms with Crippen molar-refractivity contribution in [1.82, 2.24) is 4.90 Å². The Bertz CT molecular complexity index is 699. The van der Waals surface area contributed by atoms with E-state index in [4.69, 9.17) is 0 Å². The minimum Gasteiger partial charge on any atom is -0.396 e. The lowest BCUT2D eigenvalue weighted by molar-refractivity contribution is -0.114. The summed E-state index contributed by atoms with van der Waals surface area (Å²) in [5, 5.41) is 12.0. The summed E-state index contributed by atoms with van der Waals surface area (Å²) in [4.78, 5) is 25.7. The maximum absolute atomic E-state index is 12.9. The van der Waals surface area contributed by atoms with Crippen molar-refractivity contribution in [2.45, 2.75) is 20.4 Å². The molecule has 0 aliphatic heterocycles. The lowest BCUT2D eigenvalue weighted by atomic mass is 10.1. The molecule has 2 rings (SSSR count). The van der Waals surface area contributed by atoms with E-state index in [0.717, 1.165) is 5.56 Å². The van der Waals surface area contributed by atoms with Gasteiger partial charge >= 0.3 is 0 Å². The Balaban J connectivity index is 2.17. The molecule has 2 amide bonds. The van der Waals surface area contributed by atoms with Crippen LogP contribution in [0.5, 0.6) is 0 Å². The molecule has 0 radical (unpaired) electrons. The molecule has 0 aromatic heterocycles. The average molecular weight is 340 g/mol. The molecule has 2 aromatic carbocycles. The van der Waals surface area contributed by atoms with Crippen LogP contribution in [0.2, 0.25) is 0 Å². The lowest BCUT2D eigenvalue weighted by Gasteiger charge is -2.25. The second-order valence-electron chi connectivity index (χ2n) is 6.22. The smallest absolute Gasteiger partial charge is 0.254 e. The zero-order valence-electron chi connectivity index (χ0n) is 14.6. The average Bonchev–Trinajstić information content (AvgIpc) is 2.61. The molecule has 0 aliphatic rings. The molecule has 132 valence electrons. The SMILES string of the molecule is CC(=O)Nc1ccc(C(=O)N(Cc2ccccc2)C[C@H](C)CO)cc1. The number of carbonyl (C=O) groups excluding carboxylic acids is 2. The summed E-state index contributed by atoms with van der Waals surface area (Å²) in [6, 6.07) is 16.6. The van der Waals surface area contributed by atoms with Gasteiger partial charge < -0.3 is 15.3 Å². The molecule has 25 heavy (non-hydrogen) atoms. The minimum absolute atomic E-state index is 0.00804. The van der Waals surface area contributed by atoms with E-state index in [1.165, 1.54) is 6.92 Å². The fourth-order valence-electron chi connectivity index (χ4n) is 2.54. The second-order valence-corrected chi connectivity index (χ2v) is 6.22. The lowest BCUT2D eigenvalue weighted by Crippen LogP contribution is -2.35. The number of hydrogen-bond acceptors (Lipinski definition) is 3. The van der Waals surface area contributed by atoms with Gasteiger partial charge in [-0.2, -0.15) is 0 Å². The molecule has 0 saturated heterocycles. The third-order valence-corrected chi connectivity index (χ3v) is 3.80. The van der Waals surface area contributed by atoms with Crippen LogP contribution in [0.4, 0.5) is 5.69 Å². The molecule has 0 aliphatic carbocycles. The molecule has 0 unspecified atom stereocenters. The van der Waals surface area contributed by atoms with Gasteiger partial charge in [0.1, 0.15) is 0 Å². The molecule has 1 atom stereocenters. The summed E-state index contributed by atoms with van der Waals surface area (Å²) in [6.07, 6.45) is 0. The molecular formula is C20H24N2O3. The van der Waals surface area contributed by atoms with Crippen LogP contribution in [0.3, 0.4) is 0 Å². The van der Waals surface area contributed by atoms with Gasteiger partial charge in [0.05, 0.1) is 0 Å². The van der Waals surface area contributed by atoms with Crippen LogP contribution in [0.15, 0.2) is 54.6 Å². The van der Waals surface area contributed by atoms with Crippen molar-refractivity contribution < 1.29 is 14.7 Å². The van der Waals surface area contributed by atoms with E-state index in [9.17, 15) is 14.7 Å². The molecule has 5 nitrogen and oxygen atoms in total. The molecule has 0 heterocycles. The number of carbonyl (C=O) groups is 2. The number of anilines is 1. The molecule has 2 aromatic rings. The maximum atomic E-state index is 12.9. The van der Waals surface area contributed by atoms with Gasteiger partial charge in [-0.3, -0.25) is 9.59 Å². The van der Waals surface area contributed by atoms with Gasteiger partial charge in [0.2, 0.25) is 5.91 Å². The normalized spacial score (nSPS) is 11.6. The van der Waals surface area contributed by atoms with Crippen molar-refractivity contribution in [3.8, 4) is 0 Å². The van der Waals surface area contributed by atoms with Crippen molar-refractivity contribution in [2.75, 3.05) is 18.5 Å². The fraction of sp³-hybridized carbons (Fsp3) is 0.300. The topological polar surface area (TPSA) is 69.6 Å². The third-order valence-electron chi connectivity index (χ3n) is 3.80. The van der Waals surface area contributed by atoms with E-state index in [0.29, 0.717) is 24.3 Å². The van der Waals surface area contributed by atoms with Gasteiger partial charge in [-0.1, -0.05) is 37.3 Å². The van der Waals surface area contributed by atoms with Gasteiger partial charge in [-0.25, -0.2) is 0 Å². The summed E-state index contributed by atoms with van der Waals surface area (Å²) in [7, 11) is 0. The Morgan fingerprint density at radius 3 is 2.28 bits per heavy atom. The first-order valence-corrected chi connectivity index (χ1v) is 8.31. The van der Waals surface area contributed by atoms with Gasteiger partial charge in [0.15, 0.2) is 0 Å². The molecule has 0 fully saturated rings. The van der Waals surface area contributed by atoms with Crippen LogP contribution < -0.4 is 5.32 Å². The molecule has 2 N–H and O–H groups in total. The predicted octanol–water partition coefficient (Wildman–Crippen LogP) is 2.92. The van der Waals surface area contributed by atoms with Crippen LogP contribution in [-0.2, 0) is 11.3 Å². The predicted molar refractivity (Wildman–Crippen MR) is 98.2 cm³/mol. The Kier molecular flexibility index (Phi) is 6.71. The van der Waals surface area contributed by atoms with Gasteiger partial charge in [0.25, 0.3) is 5.91 Å². The zero-order valence-corrected chi connectivity index (χ0v) is 14.6. The van der Waals surface area contributed by atoms with Crippen molar-refractivity contribution in [1.29, 1.82) is 0 Å². The maximum Gasteiger partial charge on any atom is 0.254 e. The number of amides is 2. The number of benzene rings is 2. The standard InChI is InChI=1S/C20H24N2O3/c1-15(14-23)12-22(13-17-6-4-3-5-7-17)20(25)18-8-10-19(11-9-18)21-16(2)24/h3-11,15,23H,12-14H2,1-2H3,(H,21,24)/t15-/m0/s1. The molecular weight excluding hydrogens is 316 g/mol. The highest BCUT2D eigenvalue weighted by molar-refractivity contribution is 5.95. The number of nitrogens with zero attached hydrogens (tertiary/aromatic N) is 1. The Morgan fingerprint density at radius 2 is 1.72 bits per heavy atom. The molecule has 0 bridgehead atoms. The largest absolute Gasteiger partial charge is 0.396 e. The summed E-state index contributed by atoms with van der Waals surface area (Å²) < 4.78 is 0. The minimum atomic E-state index is -0.151. The second kappa shape index (κ2) is 8.99. The zero-order chi connectivity index (χ0) is 18.2. The third kappa shape index (κ3) is 5.72. The van der Waals surface area contributed by atoms with Crippen molar-refractivity contribution in [3.05, 3.63) is 65.7 Å². The van der Waals surface area contributed by atoms with E-state index in [1.54, 1.807) is 29.2 Å². The highest BCUT2D eigenvalue weighted by atomic mass is 16.3. The van der Waals surface area contributed by atoms with Gasteiger partial charge in [-0.05, 0) is 35.7 Å². The van der Waals surface area contributed by atoms with Gasteiger partial charge in [-0.15, -0.1) is 0 Å². The van der Waals surface area contributed by atoms with Crippen LogP contribution in [0.1, 0.15) is 29.8 Å². The first-order valence-electron chi connectivity index (χ1n) is 8.31. The molecule has 5 heteroatoms. The van der Waals surface area contributed by atoms with Crippen LogP contribution >= 0.6 is 0 Å². The fourth-order valence-corrected chi connectivity index (χ4v) is 2.54. The molecule has 0 spiro atoms. The van der Waals surface area contributed by atoms with Crippen molar-refractivity contribution in [2.24, 2.45) is 5.92 Å². The van der Waals surface area contributed by atoms with Crippen molar-refractivity contribution in [3.63, 3.8) is 0 Å². The van der Waals surface area contributed by atoms with Gasteiger partial charge in [0, 0.05) is 37.9 Å². The van der Waals surface area contributed by atoms with Crippen molar-refractivity contribution >= 4 is 17.5 Å². The summed E-state index contributed by atoms with van der Waals surface area (Å²) in [5.74, 6) is -0.258. The number of nitrogens with one attached hydrogen (secondary N) is 1. The van der Waals surface area contributed by atoms with E-state index >= 15 is 0 Å². The Labute approximate surface area is 148 Å². The van der Waals surface area contributed by atoms with Crippen LogP contribution in [0, 0.1) is 5.92 Å². The number of rotatable bonds is 7. The number of aliphatic hydroxyl groups is 1. The Hall–Kier alpha value is -2.66. The van der Waals surface area contributed by atoms with Crippen LogP contribution in [0.25, 0.3) is 0 Å². The first-order chi connectivity index (χ1) is 12.0. The van der Waals surface area contributed by atoms with Crippen LogP contribution in [-0.4, -0.2) is 35.0 Å². The van der Waals surface area contributed by atoms with E-state index in [2.05, 4.69) is 5.32 Å². The number of aliphatic hydroxyl groups excluding tert-OH is 1. The monoisotopic (exact) mass is 340 g/mol. The first kappa shape index (κ1) is 18.7. The molecule has 0 saturated carbocycles. The Morgan fingerprint density at radius 1 is 1.08 bits per heavy atom. The van der Waals surface area contributed by atoms with E-state index < -0.39 is 0 Å². The summed E-state index contributed by atoms with van der Waals surface area (Å²) >= 11 is 0. The number of hydrogen-bond donors (Lipinski definition) is 2.